The van der Waals surface area contributed by atoms with Gasteiger partial charge >= 0.3 is 0 Å². The SMILES string of the molecule is c1ccc(-c2cccc(-c3nc(-c4cccc(-c5ccccc5)c4)nc(-c4cc(-c5ccccc5)ccc4-n4c5ccccc5c5ccc(-c6cccc7c6oc6ccccc67)cc54)n3)c2)cc1. The molecule has 0 fully saturated rings. The summed E-state index contributed by atoms with van der Waals surface area (Å²) in [4.78, 5) is 16.2. The zero-order valence-electron chi connectivity index (χ0n) is 36.8. The number of furan rings is 1. The minimum absolute atomic E-state index is 0.571. The molecule has 318 valence electrons. The summed E-state index contributed by atoms with van der Waals surface area (Å²) >= 11 is 0. The van der Waals surface area contributed by atoms with Crippen LogP contribution in [0, 0.1) is 0 Å². The van der Waals surface area contributed by atoms with Crippen LogP contribution in [0.15, 0.2) is 247 Å². The topological polar surface area (TPSA) is 56.7 Å². The Kier molecular flexibility index (Phi) is 9.43. The third-order valence-electron chi connectivity index (χ3n) is 13.1. The molecular weight excluding hydrogens is 829 g/mol. The van der Waals surface area contributed by atoms with Crippen LogP contribution < -0.4 is 0 Å². The monoisotopic (exact) mass is 868 g/mol. The highest BCUT2D eigenvalue weighted by Crippen LogP contribution is 2.42. The number of rotatable bonds is 8. The van der Waals surface area contributed by atoms with E-state index in [9.17, 15) is 0 Å². The van der Waals surface area contributed by atoms with Gasteiger partial charge in [0.05, 0.1) is 16.7 Å². The molecular formula is C63H40N4O. The van der Waals surface area contributed by atoms with Gasteiger partial charge in [-0.1, -0.05) is 200 Å². The van der Waals surface area contributed by atoms with E-state index in [1.54, 1.807) is 0 Å². The Labute approximate surface area is 392 Å². The number of nitrogens with zero attached hydrogens (tertiary/aromatic N) is 4. The molecule has 0 bridgehead atoms. The Hall–Kier alpha value is -9.19. The molecule has 0 aliphatic heterocycles. The molecule has 3 aromatic heterocycles. The first-order valence-corrected chi connectivity index (χ1v) is 22.9. The summed E-state index contributed by atoms with van der Waals surface area (Å²) in [6.07, 6.45) is 0. The van der Waals surface area contributed by atoms with Crippen molar-refractivity contribution in [2.75, 3.05) is 0 Å². The second kappa shape index (κ2) is 16.4. The average molecular weight is 869 g/mol. The molecule has 68 heavy (non-hydrogen) atoms. The molecule has 10 aromatic carbocycles. The Morgan fingerprint density at radius 1 is 0.279 bits per heavy atom. The molecule has 0 radical (unpaired) electrons. The molecule has 0 saturated heterocycles. The van der Waals surface area contributed by atoms with Crippen LogP contribution in [0.4, 0.5) is 0 Å². The van der Waals surface area contributed by atoms with Crippen molar-refractivity contribution in [1.82, 2.24) is 19.5 Å². The Balaban J connectivity index is 1.07. The number of hydrogen-bond donors (Lipinski definition) is 0. The molecule has 0 spiro atoms. The molecule has 0 saturated carbocycles. The van der Waals surface area contributed by atoms with Crippen molar-refractivity contribution in [2.45, 2.75) is 0 Å². The fraction of sp³-hybridized carbons (Fsp3) is 0. The number of fused-ring (bicyclic) bond motifs is 6. The highest BCUT2D eigenvalue weighted by molar-refractivity contribution is 6.13. The minimum atomic E-state index is 0.571. The van der Waals surface area contributed by atoms with Gasteiger partial charge in [-0.2, -0.15) is 0 Å². The lowest BCUT2D eigenvalue weighted by Crippen LogP contribution is -2.04. The standard InChI is InChI=1S/C63H40N4O/c1-4-17-41(18-5-1)44-23-14-25-48(37-44)61-64-62(49-26-15-24-45(38-49)42-19-6-2-7-20-42)66-63(65-61)55-39-46(43-21-8-3-9-22-43)34-36-57(55)67-56-31-12-10-27-51(56)52-35-33-47(40-58(52)67)50-29-16-30-54-53-28-11-13-32-59(53)68-60(50)54/h1-40H. The van der Waals surface area contributed by atoms with Crippen molar-refractivity contribution in [2.24, 2.45) is 0 Å². The lowest BCUT2D eigenvalue weighted by molar-refractivity contribution is 0.670. The zero-order chi connectivity index (χ0) is 45.0. The second-order valence-electron chi connectivity index (χ2n) is 17.2. The molecule has 0 atom stereocenters. The van der Waals surface area contributed by atoms with Gasteiger partial charge in [-0.05, 0) is 81.4 Å². The van der Waals surface area contributed by atoms with E-state index in [0.29, 0.717) is 17.5 Å². The van der Waals surface area contributed by atoms with Gasteiger partial charge in [0.15, 0.2) is 17.5 Å². The second-order valence-corrected chi connectivity index (χ2v) is 17.2. The summed E-state index contributed by atoms with van der Waals surface area (Å²) < 4.78 is 8.97. The summed E-state index contributed by atoms with van der Waals surface area (Å²) in [5.74, 6) is 1.75. The van der Waals surface area contributed by atoms with Crippen LogP contribution in [-0.2, 0) is 0 Å². The Morgan fingerprint density at radius 2 is 0.765 bits per heavy atom. The summed E-state index contributed by atoms with van der Waals surface area (Å²) in [5, 5.41) is 4.51. The lowest BCUT2D eigenvalue weighted by atomic mass is 10.00. The van der Waals surface area contributed by atoms with E-state index in [1.165, 1.54) is 0 Å². The molecule has 13 aromatic rings. The third kappa shape index (κ3) is 6.84. The molecule has 0 amide bonds. The third-order valence-corrected chi connectivity index (χ3v) is 13.1. The maximum absolute atomic E-state index is 6.59. The summed E-state index contributed by atoms with van der Waals surface area (Å²) in [7, 11) is 0. The van der Waals surface area contributed by atoms with Crippen molar-refractivity contribution in [3.05, 3.63) is 243 Å². The van der Waals surface area contributed by atoms with Crippen LogP contribution in [0.5, 0.6) is 0 Å². The van der Waals surface area contributed by atoms with Crippen LogP contribution in [0.1, 0.15) is 0 Å². The van der Waals surface area contributed by atoms with Crippen molar-refractivity contribution in [1.29, 1.82) is 0 Å². The lowest BCUT2D eigenvalue weighted by Gasteiger charge is -2.17. The van der Waals surface area contributed by atoms with Crippen LogP contribution in [0.25, 0.3) is 128 Å². The molecule has 0 aliphatic rings. The van der Waals surface area contributed by atoms with E-state index in [0.717, 1.165) is 111 Å². The number of benzene rings is 10. The van der Waals surface area contributed by atoms with Crippen LogP contribution >= 0.6 is 0 Å². The van der Waals surface area contributed by atoms with Crippen LogP contribution in [0.3, 0.4) is 0 Å². The van der Waals surface area contributed by atoms with Gasteiger partial charge in [0.2, 0.25) is 0 Å². The molecule has 0 N–H and O–H groups in total. The maximum atomic E-state index is 6.59. The first-order chi connectivity index (χ1) is 33.7. The van der Waals surface area contributed by atoms with Crippen LogP contribution in [0.2, 0.25) is 0 Å². The molecule has 0 aliphatic carbocycles. The Morgan fingerprint density at radius 3 is 1.43 bits per heavy atom. The molecule has 5 heteroatoms. The number of para-hydroxylation sites is 3. The average Bonchev–Trinajstić information content (AvgIpc) is 3.97. The van der Waals surface area contributed by atoms with Crippen molar-refractivity contribution in [3.8, 4) is 84.4 Å². The first-order valence-electron chi connectivity index (χ1n) is 22.9. The van der Waals surface area contributed by atoms with E-state index in [2.05, 4.69) is 223 Å². The fourth-order valence-electron chi connectivity index (χ4n) is 9.78. The van der Waals surface area contributed by atoms with E-state index < -0.39 is 0 Å². The maximum Gasteiger partial charge on any atom is 0.166 e. The number of hydrogen-bond acceptors (Lipinski definition) is 4. The van der Waals surface area contributed by atoms with Gasteiger partial charge in [0, 0.05) is 43.8 Å². The van der Waals surface area contributed by atoms with Gasteiger partial charge in [0.1, 0.15) is 11.2 Å². The molecule has 3 heterocycles. The van der Waals surface area contributed by atoms with Gasteiger partial charge < -0.3 is 8.98 Å². The molecule has 0 unspecified atom stereocenters. The van der Waals surface area contributed by atoms with Crippen molar-refractivity contribution < 1.29 is 4.42 Å². The van der Waals surface area contributed by atoms with Crippen molar-refractivity contribution >= 4 is 43.7 Å². The normalized spacial score (nSPS) is 11.5. The molecule has 5 nitrogen and oxygen atoms in total. The highest BCUT2D eigenvalue weighted by Gasteiger charge is 2.22. The van der Waals surface area contributed by atoms with Gasteiger partial charge in [-0.25, -0.2) is 15.0 Å². The number of aromatic nitrogens is 4. The van der Waals surface area contributed by atoms with E-state index in [1.807, 2.05) is 24.3 Å². The smallest absolute Gasteiger partial charge is 0.166 e. The summed E-state index contributed by atoms with van der Waals surface area (Å²) in [6, 6.07) is 85.2. The predicted octanol–water partition coefficient (Wildman–Crippen LogP) is 16.5. The van der Waals surface area contributed by atoms with Crippen LogP contribution in [-0.4, -0.2) is 19.5 Å². The predicted molar refractivity (Wildman–Crippen MR) is 279 cm³/mol. The van der Waals surface area contributed by atoms with E-state index in [4.69, 9.17) is 19.4 Å². The zero-order valence-corrected chi connectivity index (χ0v) is 36.8. The molecule has 13 rings (SSSR count). The Bertz CT molecular complexity index is 3920. The first kappa shape index (κ1) is 39.2. The van der Waals surface area contributed by atoms with E-state index in [-0.39, 0.29) is 0 Å². The van der Waals surface area contributed by atoms with Gasteiger partial charge in [-0.15, -0.1) is 0 Å². The van der Waals surface area contributed by atoms with E-state index >= 15 is 0 Å². The summed E-state index contributed by atoms with van der Waals surface area (Å²) in [6.45, 7) is 0. The minimum Gasteiger partial charge on any atom is -0.455 e. The fourth-order valence-corrected chi connectivity index (χ4v) is 9.78. The largest absolute Gasteiger partial charge is 0.455 e. The van der Waals surface area contributed by atoms with Gasteiger partial charge in [-0.3, -0.25) is 0 Å². The quantitative estimate of drug-likeness (QED) is 0.153. The van der Waals surface area contributed by atoms with Crippen molar-refractivity contribution in [3.63, 3.8) is 0 Å². The van der Waals surface area contributed by atoms with Gasteiger partial charge in [0.25, 0.3) is 0 Å². The summed E-state index contributed by atoms with van der Waals surface area (Å²) in [5.41, 5.74) is 16.2. The highest BCUT2D eigenvalue weighted by atomic mass is 16.3.